The van der Waals surface area contributed by atoms with Crippen LogP contribution < -0.4 is 5.32 Å². The van der Waals surface area contributed by atoms with Crippen molar-refractivity contribution in [3.63, 3.8) is 0 Å². The molecule has 0 aliphatic carbocycles. The van der Waals surface area contributed by atoms with Crippen LogP contribution in [0.3, 0.4) is 0 Å². The quantitative estimate of drug-likeness (QED) is 0.500. The van der Waals surface area contributed by atoms with Gasteiger partial charge in [-0.3, -0.25) is 9.69 Å². The van der Waals surface area contributed by atoms with Crippen molar-refractivity contribution in [1.29, 1.82) is 0 Å². The van der Waals surface area contributed by atoms with Gasteiger partial charge in [0, 0.05) is 18.8 Å². The molecule has 4 heterocycles. The Balaban J connectivity index is 1.40. The van der Waals surface area contributed by atoms with E-state index < -0.39 is 39.9 Å². The first kappa shape index (κ1) is 25.6. The van der Waals surface area contributed by atoms with Gasteiger partial charge in [-0.05, 0) is 80.6 Å². The van der Waals surface area contributed by atoms with Crippen molar-refractivity contribution in [3.05, 3.63) is 59.9 Å². The molecule has 2 aromatic carbocycles. The number of aliphatic carboxylic acids is 1. The van der Waals surface area contributed by atoms with Crippen LogP contribution in [0, 0.1) is 11.7 Å². The Labute approximate surface area is 215 Å². The number of carbonyl (C=O) groups excluding carboxylic acids is 1. The molecule has 4 fully saturated rings. The fourth-order valence-corrected chi connectivity index (χ4v) is 7.25. The number of carboxylic acids is 1. The molecule has 0 spiro atoms. The van der Waals surface area contributed by atoms with E-state index in [1.165, 1.54) is 36.4 Å². The van der Waals surface area contributed by atoms with Gasteiger partial charge >= 0.3 is 11.9 Å². The number of benzene rings is 2. The molecule has 11 heteroatoms. The first-order valence-corrected chi connectivity index (χ1v) is 14.0. The number of ether oxygens (including phenoxy) is 1. The van der Waals surface area contributed by atoms with Crippen LogP contribution in [-0.4, -0.2) is 73.0 Å². The summed E-state index contributed by atoms with van der Waals surface area (Å²) >= 11 is 0. The number of fused-ring (bicyclic) bond motifs is 3. The number of rotatable bonds is 8. The van der Waals surface area contributed by atoms with Crippen molar-refractivity contribution in [2.75, 3.05) is 31.5 Å². The number of nitrogens with one attached hydrogen (secondary N) is 1. The lowest BCUT2D eigenvalue weighted by Crippen LogP contribution is -2.52. The summed E-state index contributed by atoms with van der Waals surface area (Å²) in [5.41, 5.74) is 0.664. The Kier molecular flexibility index (Phi) is 7.19. The topological polar surface area (TPSA) is 116 Å². The second kappa shape index (κ2) is 10.4. The minimum atomic E-state index is -4.08. The van der Waals surface area contributed by atoms with E-state index in [1.54, 1.807) is 12.1 Å². The highest BCUT2D eigenvalue weighted by Gasteiger charge is 2.40. The fraction of sp³-hybridized carbons (Fsp3) is 0.462. The van der Waals surface area contributed by atoms with Gasteiger partial charge in [-0.2, -0.15) is 4.31 Å². The summed E-state index contributed by atoms with van der Waals surface area (Å²) in [6.07, 6.45) is 2.39. The first-order valence-electron chi connectivity index (χ1n) is 12.5. The van der Waals surface area contributed by atoms with Gasteiger partial charge in [-0.15, -0.1) is 0 Å². The SMILES string of the molecule is O=C(O[C@H]1CN2CCC1CC2)C(Nc1cccc(S(=O)(=O)N2CCC[C@@H]2C(=O)O)c1)c1cccc(F)c1. The standard InChI is InChI=1S/C26H30FN3O6S/c27-19-5-1-4-18(14-19)24(26(33)36-23-16-29-12-9-17(23)10-13-29)28-20-6-2-7-21(15-20)37(34,35)30-11-3-8-22(30)25(31)32/h1-2,4-7,14-15,17,22-24,28H,3,8-13,16H2,(H,31,32)/t22-,23+,24?/m1/s1. The van der Waals surface area contributed by atoms with E-state index in [9.17, 15) is 27.5 Å². The zero-order valence-electron chi connectivity index (χ0n) is 20.3. The van der Waals surface area contributed by atoms with Gasteiger partial charge in [-0.1, -0.05) is 18.2 Å². The van der Waals surface area contributed by atoms with Crippen LogP contribution in [0.5, 0.6) is 0 Å². The molecule has 4 aliphatic heterocycles. The number of carboxylic acid groups (broad SMARTS) is 1. The van der Waals surface area contributed by atoms with Crippen molar-refractivity contribution in [3.8, 4) is 0 Å². The van der Waals surface area contributed by atoms with E-state index in [0.29, 0.717) is 30.1 Å². The average Bonchev–Trinajstić information content (AvgIpc) is 3.40. The van der Waals surface area contributed by atoms with Crippen LogP contribution in [0.1, 0.15) is 37.3 Å². The molecule has 4 aliphatic rings. The zero-order chi connectivity index (χ0) is 26.2. The lowest BCUT2D eigenvalue weighted by Gasteiger charge is -2.44. The van der Waals surface area contributed by atoms with Crippen molar-refractivity contribution in [2.45, 2.75) is 48.8 Å². The van der Waals surface area contributed by atoms with Crippen LogP contribution in [0.15, 0.2) is 53.4 Å². The Morgan fingerprint density at radius 3 is 2.49 bits per heavy atom. The predicted molar refractivity (Wildman–Crippen MR) is 133 cm³/mol. The summed E-state index contributed by atoms with van der Waals surface area (Å²) in [6.45, 7) is 2.77. The Hall–Kier alpha value is -3.02. The minimum Gasteiger partial charge on any atom is -0.480 e. The molecular formula is C26H30FN3O6S. The highest BCUT2D eigenvalue weighted by atomic mass is 32.2. The number of anilines is 1. The Bertz CT molecular complexity index is 1280. The number of hydrogen-bond acceptors (Lipinski definition) is 7. The molecule has 6 rings (SSSR count). The van der Waals surface area contributed by atoms with Crippen molar-refractivity contribution < 1.29 is 32.2 Å². The van der Waals surface area contributed by atoms with Crippen LogP contribution in [0.4, 0.5) is 10.1 Å². The van der Waals surface area contributed by atoms with E-state index in [1.807, 2.05) is 0 Å². The molecule has 2 N–H and O–H groups in total. The van der Waals surface area contributed by atoms with Crippen LogP contribution in [-0.2, 0) is 24.3 Å². The maximum atomic E-state index is 14.1. The second-order valence-electron chi connectivity index (χ2n) is 9.89. The molecule has 0 radical (unpaired) electrons. The summed E-state index contributed by atoms with van der Waals surface area (Å²) in [5.74, 6) is -1.97. The van der Waals surface area contributed by atoms with Gasteiger partial charge in [0.2, 0.25) is 10.0 Å². The summed E-state index contributed by atoms with van der Waals surface area (Å²) in [7, 11) is -4.08. The Morgan fingerprint density at radius 2 is 1.81 bits per heavy atom. The zero-order valence-corrected chi connectivity index (χ0v) is 21.1. The third kappa shape index (κ3) is 5.34. The van der Waals surface area contributed by atoms with Crippen molar-refractivity contribution in [1.82, 2.24) is 9.21 Å². The third-order valence-electron chi connectivity index (χ3n) is 7.52. The second-order valence-corrected chi connectivity index (χ2v) is 11.8. The number of esters is 1. The number of nitrogens with zero attached hydrogens (tertiary/aromatic N) is 2. The predicted octanol–water partition coefficient (Wildman–Crippen LogP) is 2.85. The molecule has 9 nitrogen and oxygen atoms in total. The Morgan fingerprint density at radius 1 is 1.05 bits per heavy atom. The summed E-state index contributed by atoms with van der Waals surface area (Å²) in [4.78, 5) is 27.1. The van der Waals surface area contributed by atoms with Gasteiger partial charge in [0.15, 0.2) is 6.04 Å². The molecule has 2 bridgehead atoms. The average molecular weight is 532 g/mol. The van der Waals surface area contributed by atoms with E-state index in [4.69, 9.17) is 4.74 Å². The van der Waals surface area contributed by atoms with Gasteiger partial charge in [0.25, 0.3) is 0 Å². The number of hydrogen-bond donors (Lipinski definition) is 2. The van der Waals surface area contributed by atoms with E-state index >= 15 is 0 Å². The molecule has 0 saturated carbocycles. The lowest BCUT2D eigenvalue weighted by atomic mass is 9.86. The maximum Gasteiger partial charge on any atom is 0.333 e. The van der Waals surface area contributed by atoms with E-state index in [2.05, 4.69) is 10.2 Å². The summed E-state index contributed by atoms with van der Waals surface area (Å²) in [5, 5.41) is 12.5. The highest BCUT2D eigenvalue weighted by molar-refractivity contribution is 7.89. The van der Waals surface area contributed by atoms with Gasteiger partial charge in [0.1, 0.15) is 18.0 Å². The summed E-state index contributed by atoms with van der Waals surface area (Å²) < 4.78 is 47.5. The molecule has 0 aromatic heterocycles. The summed E-state index contributed by atoms with van der Waals surface area (Å²) in [6, 6.07) is 9.33. The van der Waals surface area contributed by atoms with Crippen LogP contribution in [0.2, 0.25) is 0 Å². The highest BCUT2D eigenvalue weighted by Crippen LogP contribution is 2.32. The van der Waals surface area contributed by atoms with E-state index in [0.717, 1.165) is 30.2 Å². The van der Waals surface area contributed by atoms with Gasteiger partial charge < -0.3 is 15.2 Å². The van der Waals surface area contributed by atoms with Crippen LogP contribution >= 0.6 is 0 Å². The van der Waals surface area contributed by atoms with Gasteiger partial charge in [-0.25, -0.2) is 17.6 Å². The fourth-order valence-electron chi connectivity index (χ4n) is 5.55. The minimum absolute atomic E-state index is 0.0885. The molecule has 2 aromatic rings. The maximum absolute atomic E-state index is 14.1. The number of halogens is 1. The number of piperidine rings is 3. The number of sulfonamides is 1. The molecule has 198 valence electrons. The smallest absolute Gasteiger partial charge is 0.333 e. The van der Waals surface area contributed by atoms with Crippen LogP contribution in [0.25, 0.3) is 0 Å². The molecule has 3 atom stereocenters. The third-order valence-corrected chi connectivity index (χ3v) is 9.43. The lowest BCUT2D eigenvalue weighted by molar-refractivity contribution is -0.160. The molecule has 4 saturated heterocycles. The molecule has 0 amide bonds. The normalized spacial score (nSPS) is 26.5. The van der Waals surface area contributed by atoms with Gasteiger partial charge in [0.05, 0.1) is 4.90 Å². The van der Waals surface area contributed by atoms with Crippen molar-refractivity contribution >= 4 is 27.6 Å². The number of carbonyl (C=O) groups is 2. The molecule has 1 unspecified atom stereocenters. The van der Waals surface area contributed by atoms with E-state index in [-0.39, 0.29) is 24.0 Å². The van der Waals surface area contributed by atoms with Crippen molar-refractivity contribution in [2.24, 2.45) is 5.92 Å². The molecular weight excluding hydrogens is 501 g/mol. The molecule has 37 heavy (non-hydrogen) atoms. The first-order chi connectivity index (χ1) is 17.7. The largest absolute Gasteiger partial charge is 0.480 e. The monoisotopic (exact) mass is 531 g/mol.